The summed E-state index contributed by atoms with van der Waals surface area (Å²) in [6.45, 7) is -0.157. The topological polar surface area (TPSA) is 9.72 Å². The molecule has 15 rings (SSSR count). The van der Waals surface area contributed by atoms with E-state index in [1.54, 1.807) is 0 Å². The molecular formula is C78H56BN3Si. The Balaban J connectivity index is 1.13. The summed E-state index contributed by atoms with van der Waals surface area (Å²) in [7, 11) is -3.36. The van der Waals surface area contributed by atoms with Gasteiger partial charge in [0.15, 0.2) is 8.07 Å². The van der Waals surface area contributed by atoms with Crippen LogP contribution in [0.15, 0.2) is 340 Å². The molecule has 0 bridgehead atoms. The Morgan fingerprint density at radius 3 is 1.10 bits per heavy atom. The van der Waals surface area contributed by atoms with E-state index in [2.05, 4.69) is 354 Å². The van der Waals surface area contributed by atoms with Gasteiger partial charge in [-0.05, 0) is 133 Å². The van der Waals surface area contributed by atoms with Crippen LogP contribution in [-0.4, -0.2) is 14.8 Å². The average Bonchev–Trinajstić information content (AvgIpc) is 1.17. The normalized spacial score (nSPS) is 12.6. The molecule has 0 amide bonds. The van der Waals surface area contributed by atoms with Crippen molar-refractivity contribution < 1.29 is 0 Å². The molecule has 0 unspecified atom stereocenters. The van der Waals surface area contributed by atoms with E-state index in [1.807, 2.05) is 0 Å². The molecule has 390 valence electrons. The number of para-hydroxylation sites is 5. The molecular weight excluding hydrogens is 1020 g/mol. The summed E-state index contributed by atoms with van der Waals surface area (Å²) in [5, 5.41) is 5.45. The van der Waals surface area contributed by atoms with Crippen LogP contribution < -0.4 is 51.8 Å². The van der Waals surface area contributed by atoms with Crippen LogP contribution in [0.3, 0.4) is 0 Å². The summed E-state index contributed by atoms with van der Waals surface area (Å²) < 4.78 is 0. The Labute approximate surface area is 488 Å². The molecule has 0 spiro atoms. The molecule has 0 saturated carbocycles. The van der Waals surface area contributed by atoms with Crippen molar-refractivity contribution in [2.75, 3.05) is 14.7 Å². The molecule has 0 fully saturated rings. The Morgan fingerprint density at radius 1 is 0.265 bits per heavy atom. The van der Waals surface area contributed by atoms with Crippen molar-refractivity contribution in [3.8, 4) is 33.4 Å². The predicted molar refractivity (Wildman–Crippen MR) is 355 cm³/mol. The fourth-order valence-corrected chi connectivity index (χ4v) is 18.8. The number of rotatable bonds is 12. The standard InChI is InChI=1S/C78H56BN3Si/c1-10-29-57(30-11-1)60-53-74-77-76(54-60)83(67-43-24-8-25-44-67,68-45-26-9-27-46-68)75-56-66(81(63-39-20-6-21-40-63)64-41-22-7-23-42-64)50-52-72(75)79(77)71-51-49-65(80(61-35-16-4-17-36-61)62-37-18-5-19-38-62)55-73(71)82(74)78-69(58-31-12-2-13-32-58)47-28-48-70(78)59-33-14-3-15-34-59/h1-56H. The van der Waals surface area contributed by atoms with Gasteiger partial charge in [0, 0.05) is 56.6 Å². The number of anilines is 9. The van der Waals surface area contributed by atoms with E-state index in [1.165, 1.54) is 53.9 Å². The minimum Gasteiger partial charge on any atom is -0.311 e. The van der Waals surface area contributed by atoms with Crippen LogP contribution >= 0.6 is 0 Å². The molecule has 13 aromatic rings. The van der Waals surface area contributed by atoms with E-state index >= 15 is 0 Å². The Hall–Kier alpha value is -10.5. The number of fused-ring (bicyclic) bond motifs is 4. The minimum atomic E-state index is -3.36. The first-order chi connectivity index (χ1) is 41.2. The SMILES string of the molecule is c1ccc(-c2cc3c4c(c2)[Si](c2ccccc2)(c2ccccc2)c2cc(N(c5ccccc5)c5ccccc5)ccc2B4c2ccc(N(c4ccccc4)c4ccccc4)cc2N3c2c(-c3ccccc3)cccc2-c2ccccc2)cc1. The predicted octanol–water partition coefficient (Wildman–Crippen LogP) is 15.6. The van der Waals surface area contributed by atoms with Crippen molar-refractivity contribution in [2.45, 2.75) is 0 Å². The maximum absolute atomic E-state index is 3.36. The van der Waals surface area contributed by atoms with Crippen molar-refractivity contribution in [1.82, 2.24) is 0 Å². The van der Waals surface area contributed by atoms with E-state index < -0.39 is 8.07 Å². The highest BCUT2D eigenvalue weighted by Gasteiger charge is 2.54. The quantitative estimate of drug-likeness (QED) is 0.113. The Bertz CT molecular complexity index is 4250. The fraction of sp³-hybridized carbons (Fsp3) is 0. The largest absolute Gasteiger partial charge is 0.311 e. The van der Waals surface area contributed by atoms with E-state index in [4.69, 9.17) is 0 Å². The minimum absolute atomic E-state index is 0.157. The second-order valence-corrected chi connectivity index (χ2v) is 25.3. The third-order valence-electron chi connectivity index (χ3n) is 16.9. The Kier molecular flexibility index (Phi) is 12.7. The maximum atomic E-state index is 2.68. The zero-order valence-corrected chi connectivity index (χ0v) is 46.8. The average molecular weight is 1070 g/mol. The first-order valence-corrected chi connectivity index (χ1v) is 30.7. The monoisotopic (exact) mass is 1070 g/mol. The van der Waals surface area contributed by atoms with Crippen LogP contribution in [0, 0.1) is 0 Å². The summed E-state index contributed by atoms with van der Waals surface area (Å²) in [6, 6.07) is 126. The van der Waals surface area contributed by atoms with Crippen molar-refractivity contribution in [3.05, 3.63) is 340 Å². The van der Waals surface area contributed by atoms with Crippen molar-refractivity contribution in [3.63, 3.8) is 0 Å². The summed E-state index contributed by atoms with van der Waals surface area (Å²) >= 11 is 0. The summed E-state index contributed by atoms with van der Waals surface area (Å²) in [5.74, 6) is 0. The van der Waals surface area contributed by atoms with Gasteiger partial charge in [-0.3, -0.25) is 0 Å². The van der Waals surface area contributed by atoms with Crippen LogP contribution in [-0.2, 0) is 0 Å². The Morgan fingerprint density at radius 2 is 0.651 bits per heavy atom. The summed E-state index contributed by atoms with van der Waals surface area (Å²) in [6.07, 6.45) is 0. The van der Waals surface area contributed by atoms with Gasteiger partial charge in [-0.1, -0.05) is 266 Å². The first kappa shape index (κ1) is 49.6. The van der Waals surface area contributed by atoms with Crippen LogP contribution in [0.5, 0.6) is 0 Å². The van der Waals surface area contributed by atoms with E-state index in [-0.39, 0.29) is 6.71 Å². The molecule has 0 saturated heterocycles. The molecule has 2 aliphatic rings. The van der Waals surface area contributed by atoms with E-state index in [9.17, 15) is 0 Å². The van der Waals surface area contributed by atoms with Crippen molar-refractivity contribution in [2.24, 2.45) is 0 Å². The molecule has 0 aromatic heterocycles. The van der Waals surface area contributed by atoms with Gasteiger partial charge in [0.05, 0.1) is 5.69 Å². The van der Waals surface area contributed by atoms with E-state index in [0.717, 1.165) is 67.8 Å². The van der Waals surface area contributed by atoms with E-state index in [0.29, 0.717) is 0 Å². The van der Waals surface area contributed by atoms with Gasteiger partial charge in [-0.15, -0.1) is 0 Å². The summed E-state index contributed by atoms with van der Waals surface area (Å²) in [5.41, 5.74) is 20.9. The molecule has 83 heavy (non-hydrogen) atoms. The van der Waals surface area contributed by atoms with Crippen molar-refractivity contribution >= 4 is 103 Å². The molecule has 2 heterocycles. The van der Waals surface area contributed by atoms with Gasteiger partial charge in [-0.25, -0.2) is 0 Å². The summed E-state index contributed by atoms with van der Waals surface area (Å²) in [4.78, 5) is 7.53. The lowest BCUT2D eigenvalue weighted by Crippen LogP contribution is -2.87. The smallest absolute Gasteiger partial charge is 0.246 e. The lowest BCUT2D eigenvalue weighted by molar-refractivity contribution is 1.26. The highest BCUT2D eigenvalue weighted by molar-refractivity contribution is 7.26. The lowest BCUT2D eigenvalue weighted by Gasteiger charge is -2.48. The number of benzene rings is 13. The van der Waals surface area contributed by atoms with Gasteiger partial charge in [-0.2, -0.15) is 0 Å². The number of hydrogen-bond donors (Lipinski definition) is 0. The van der Waals surface area contributed by atoms with Crippen molar-refractivity contribution in [1.29, 1.82) is 0 Å². The van der Waals surface area contributed by atoms with Crippen LogP contribution in [0.1, 0.15) is 0 Å². The molecule has 5 heteroatoms. The molecule has 2 aliphatic heterocycles. The van der Waals surface area contributed by atoms with Gasteiger partial charge >= 0.3 is 0 Å². The van der Waals surface area contributed by atoms with Crippen LogP contribution in [0.2, 0.25) is 0 Å². The third-order valence-corrected chi connectivity index (χ3v) is 21.8. The zero-order valence-electron chi connectivity index (χ0n) is 45.8. The molecule has 0 atom stereocenters. The third kappa shape index (κ3) is 8.52. The molecule has 0 N–H and O–H groups in total. The van der Waals surface area contributed by atoms with Crippen LogP contribution in [0.4, 0.5) is 51.2 Å². The molecule has 13 aromatic carbocycles. The van der Waals surface area contributed by atoms with Gasteiger partial charge in [0.25, 0.3) is 0 Å². The molecule has 0 aliphatic carbocycles. The van der Waals surface area contributed by atoms with Crippen LogP contribution in [0.25, 0.3) is 33.4 Å². The lowest BCUT2D eigenvalue weighted by atomic mass is 9.34. The second kappa shape index (κ2) is 21.2. The van der Waals surface area contributed by atoms with Gasteiger partial charge in [0.2, 0.25) is 6.71 Å². The maximum Gasteiger partial charge on any atom is 0.246 e. The first-order valence-electron chi connectivity index (χ1n) is 28.7. The number of nitrogens with zero attached hydrogens (tertiary/aromatic N) is 3. The molecule has 0 radical (unpaired) electrons. The van der Waals surface area contributed by atoms with Gasteiger partial charge < -0.3 is 14.7 Å². The van der Waals surface area contributed by atoms with Gasteiger partial charge in [0.1, 0.15) is 0 Å². The fourth-order valence-electron chi connectivity index (χ4n) is 13.5. The highest BCUT2D eigenvalue weighted by atomic mass is 28.3. The highest BCUT2D eigenvalue weighted by Crippen LogP contribution is 2.50. The number of hydrogen-bond acceptors (Lipinski definition) is 3. The second-order valence-electron chi connectivity index (χ2n) is 21.5. The molecule has 3 nitrogen and oxygen atoms in total. The zero-order chi connectivity index (χ0) is 55.1.